The Labute approximate surface area is 142 Å². The van der Waals surface area contributed by atoms with Gasteiger partial charge in [0.2, 0.25) is 0 Å². The second kappa shape index (κ2) is 11.0. The van der Waals surface area contributed by atoms with Crippen molar-refractivity contribution >= 4 is 29.8 Å². The van der Waals surface area contributed by atoms with Crippen molar-refractivity contribution in [3.05, 3.63) is 0 Å². The number of hydrogen-bond acceptors (Lipinski definition) is 9. The monoisotopic (exact) mass is 364 g/mol. The second-order valence-electron chi connectivity index (χ2n) is 4.98. The minimum Gasteiger partial charge on any atom is -0.479 e. The van der Waals surface area contributed by atoms with Gasteiger partial charge in [-0.15, -0.1) is 0 Å². The summed E-state index contributed by atoms with van der Waals surface area (Å²) in [4.78, 5) is 55.8. The zero-order valence-electron chi connectivity index (χ0n) is 13.6. The normalized spacial score (nSPS) is 12.6. The number of hydrogen-bond donors (Lipinski definition) is 3. The lowest BCUT2D eigenvalue weighted by Gasteiger charge is -2.23. The average Bonchev–Trinajstić information content (AvgIpc) is 2.50. The zero-order chi connectivity index (χ0) is 19.5. The molecule has 0 bridgehead atoms. The quantitative estimate of drug-likeness (QED) is 0.222. The Morgan fingerprint density at radius 1 is 0.840 bits per heavy atom. The van der Waals surface area contributed by atoms with Crippen LogP contribution in [0.3, 0.4) is 0 Å². The molecule has 0 heterocycles. The lowest BCUT2D eigenvalue weighted by Crippen LogP contribution is -2.45. The Bertz CT molecular complexity index is 513. The van der Waals surface area contributed by atoms with Crippen molar-refractivity contribution in [2.75, 3.05) is 19.8 Å². The van der Waals surface area contributed by atoms with Gasteiger partial charge in [0.05, 0.1) is 19.4 Å². The van der Waals surface area contributed by atoms with Gasteiger partial charge in [0, 0.05) is 0 Å². The number of carboxylic acids is 2. The van der Waals surface area contributed by atoms with Crippen LogP contribution in [0.4, 0.5) is 0 Å². The third-order valence-electron chi connectivity index (χ3n) is 2.70. The number of carboxylic acid groups (broad SMARTS) is 2. The molecule has 1 atom stereocenters. The summed E-state index contributed by atoms with van der Waals surface area (Å²) in [5.74, 6) is -6.85. The predicted octanol–water partition coefficient (Wildman–Crippen LogP) is -0.903. The van der Waals surface area contributed by atoms with E-state index in [0.29, 0.717) is 6.42 Å². The second-order valence-corrected chi connectivity index (χ2v) is 4.98. The number of unbranched alkanes of at least 4 members (excludes halogenated alkanes) is 1. The van der Waals surface area contributed by atoms with E-state index < -0.39 is 61.5 Å². The summed E-state index contributed by atoms with van der Waals surface area (Å²) in [5.41, 5.74) is -2.74. The summed E-state index contributed by atoms with van der Waals surface area (Å²) in [5, 5.41) is 27.1. The van der Waals surface area contributed by atoms with Gasteiger partial charge in [-0.05, 0) is 6.42 Å². The van der Waals surface area contributed by atoms with Crippen molar-refractivity contribution in [1.29, 1.82) is 0 Å². The fraction of sp³-hybridized carbons (Fsp3) is 0.643. The average molecular weight is 364 g/mol. The van der Waals surface area contributed by atoms with Crippen molar-refractivity contribution in [1.82, 2.24) is 0 Å². The van der Waals surface area contributed by atoms with Gasteiger partial charge in [-0.25, -0.2) is 14.4 Å². The number of ether oxygens (including phenoxy) is 3. The summed E-state index contributed by atoms with van der Waals surface area (Å²) in [6.07, 6.45) is -0.840. The first-order valence-electron chi connectivity index (χ1n) is 7.25. The smallest absolute Gasteiger partial charge is 0.341 e. The molecular weight excluding hydrogens is 344 g/mol. The molecule has 0 aliphatic carbocycles. The molecule has 11 nitrogen and oxygen atoms in total. The maximum Gasteiger partial charge on any atom is 0.341 e. The van der Waals surface area contributed by atoms with Gasteiger partial charge in [-0.3, -0.25) is 9.59 Å². The van der Waals surface area contributed by atoms with Crippen molar-refractivity contribution in [3.8, 4) is 0 Å². The van der Waals surface area contributed by atoms with E-state index in [0.717, 1.165) is 6.42 Å². The molecule has 0 radical (unpaired) electrons. The molecule has 142 valence electrons. The standard InChI is InChI=1S/C14H20O11/c1-2-3-4-23-11(19)5-14(22,13(21)25-8-10(17)18)6-12(20)24-7-9(15)16/h22H,2-8H2,1H3,(H,15,16)(H,17,18). The van der Waals surface area contributed by atoms with Crippen LogP contribution in [0.25, 0.3) is 0 Å². The molecule has 0 fully saturated rings. The minimum atomic E-state index is -2.74. The molecule has 0 aromatic rings. The van der Waals surface area contributed by atoms with E-state index >= 15 is 0 Å². The third-order valence-corrected chi connectivity index (χ3v) is 2.70. The van der Waals surface area contributed by atoms with Crippen LogP contribution in [0.15, 0.2) is 0 Å². The van der Waals surface area contributed by atoms with Gasteiger partial charge >= 0.3 is 29.8 Å². The SMILES string of the molecule is CCCCOC(=O)CC(O)(CC(=O)OCC(=O)O)C(=O)OCC(=O)O. The highest BCUT2D eigenvalue weighted by atomic mass is 16.6. The molecule has 0 rings (SSSR count). The molecule has 0 aliphatic heterocycles. The molecule has 0 aromatic heterocycles. The molecular formula is C14H20O11. The van der Waals surface area contributed by atoms with Crippen LogP contribution in [0.5, 0.6) is 0 Å². The van der Waals surface area contributed by atoms with Crippen molar-refractivity contribution in [2.45, 2.75) is 38.2 Å². The Hall–Kier alpha value is -2.69. The van der Waals surface area contributed by atoms with Crippen LogP contribution in [0, 0.1) is 0 Å². The summed E-state index contributed by atoms with van der Waals surface area (Å²) < 4.78 is 13.3. The van der Waals surface area contributed by atoms with Crippen LogP contribution in [-0.2, 0) is 38.2 Å². The van der Waals surface area contributed by atoms with Crippen molar-refractivity contribution in [3.63, 3.8) is 0 Å². The Morgan fingerprint density at radius 3 is 1.80 bits per heavy atom. The zero-order valence-corrected chi connectivity index (χ0v) is 13.6. The molecule has 0 spiro atoms. The van der Waals surface area contributed by atoms with Crippen LogP contribution >= 0.6 is 0 Å². The van der Waals surface area contributed by atoms with E-state index in [2.05, 4.69) is 9.47 Å². The maximum atomic E-state index is 11.8. The molecule has 0 amide bonds. The highest BCUT2D eigenvalue weighted by Gasteiger charge is 2.43. The van der Waals surface area contributed by atoms with Crippen LogP contribution in [-0.4, -0.2) is 70.6 Å². The first kappa shape index (κ1) is 22.3. The van der Waals surface area contributed by atoms with Crippen LogP contribution in [0.2, 0.25) is 0 Å². The molecule has 0 aliphatic rings. The first-order valence-corrected chi connectivity index (χ1v) is 7.25. The van der Waals surface area contributed by atoms with Gasteiger partial charge in [-0.2, -0.15) is 0 Å². The number of rotatable bonds is 12. The summed E-state index contributed by atoms with van der Waals surface area (Å²) in [6.45, 7) is -0.249. The number of carbonyl (C=O) groups excluding carboxylic acids is 3. The Morgan fingerprint density at radius 2 is 1.32 bits per heavy atom. The highest BCUT2D eigenvalue weighted by Crippen LogP contribution is 2.20. The number of aliphatic hydroxyl groups is 1. The summed E-state index contributed by atoms with van der Waals surface area (Å²) in [6, 6.07) is 0. The minimum absolute atomic E-state index is 0.0268. The van der Waals surface area contributed by atoms with E-state index in [-0.39, 0.29) is 6.61 Å². The number of aliphatic carboxylic acids is 2. The van der Waals surface area contributed by atoms with Crippen LogP contribution < -0.4 is 0 Å². The third kappa shape index (κ3) is 9.91. The van der Waals surface area contributed by atoms with E-state index in [1.807, 2.05) is 6.92 Å². The fourth-order valence-electron chi connectivity index (χ4n) is 1.52. The molecule has 1 unspecified atom stereocenters. The topological polar surface area (TPSA) is 174 Å². The van der Waals surface area contributed by atoms with E-state index in [9.17, 15) is 29.1 Å². The first-order chi connectivity index (χ1) is 11.6. The van der Waals surface area contributed by atoms with Crippen LogP contribution in [0.1, 0.15) is 32.6 Å². The summed E-state index contributed by atoms with van der Waals surface area (Å²) >= 11 is 0. The highest BCUT2D eigenvalue weighted by molar-refractivity contribution is 5.91. The van der Waals surface area contributed by atoms with E-state index in [4.69, 9.17) is 14.9 Å². The molecule has 11 heteroatoms. The molecule has 0 saturated heterocycles. The van der Waals surface area contributed by atoms with E-state index in [1.165, 1.54) is 0 Å². The van der Waals surface area contributed by atoms with E-state index in [1.54, 1.807) is 0 Å². The molecule has 3 N–H and O–H groups in total. The Kier molecular flexibility index (Phi) is 9.79. The van der Waals surface area contributed by atoms with Gasteiger partial charge in [0.15, 0.2) is 18.8 Å². The number of carbonyl (C=O) groups is 5. The molecule has 0 saturated carbocycles. The largest absolute Gasteiger partial charge is 0.479 e. The van der Waals surface area contributed by atoms with Gasteiger partial charge in [0.1, 0.15) is 0 Å². The lowest BCUT2D eigenvalue weighted by atomic mass is 9.95. The van der Waals surface area contributed by atoms with Crippen molar-refractivity contribution in [2.24, 2.45) is 0 Å². The summed E-state index contributed by atoms with van der Waals surface area (Å²) in [7, 11) is 0. The Balaban J connectivity index is 4.97. The fourth-order valence-corrected chi connectivity index (χ4v) is 1.52. The maximum absolute atomic E-state index is 11.8. The lowest BCUT2D eigenvalue weighted by molar-refractivity contribution is -0.180. The van der Waals surface area contributed by atoms with Gasteiger partial charge in [-0.1, -0.05) is 13.3 Å². The van der Waals surface area contributed by atoms with Gasteiger partial charge < -0.3 is 29.5 Å². The molecule has 0 aromatic carbocycles. The molecule has 25 heavy (non-hydrogen) atoms. The predicted molar refractivity (Wildman–Crippen MR) is 77.2 cm³/mol. The van der Waals surface area contributed by atoms with Crippen molar-refractivity contribution < 1.29 is 53.5 Å². The van der Waals surface area contributed by atoms with Gasteiger partial charge in [0.25, 0.3) is 0 Å². The number of esters is 3.